The van der Waals surface area contributed by atoms with Gasteiger partial charge in [0.1, 0.15) is 11.6 Å². The molecule has 2 aromatic rings. The van der Waals surface area contributed by atoms with Crippen molar-refractivity contribution in [3.63, 3.8) is 0 Å². The van der Waals surface area contributed by atoms with Gasteiger partial charge in [0.05, 0.1) is 6.61 Å². The predicted octanol–water partition coefficient (Wildman–Crippen LogP) is 4.08. The molecule has 0 aliphatic heterocycles. The van der Waals surface area contributed by atoms with Gasteiger partial charge in [0.15, 0.2) is 0 Å². The molecular formula is C17H20FNO. The van der Waals surface area contributed by atoms with Crippen molar-refractivity contribution in [3.05, 3.63) is 65.5 Å². The minimum Gasteiger partial charge on any atom is -0.494 e. The van der Waals surface area contributed by atoms with Crippen LogP contribution in [0.1, 0.15) is 31.0 Å². The van der Waals surface area contributed by atoms with Crippen LogP contribution in [0.25, 0.3) is 0 Å². The molecule has 0 aliphatic carbocycles. The van der Waals surface area contributed by atoms with E-state index in [0.717, 1.165) is 11.3 Å². The zero-order chi connectivity index (χ0) is 14.4. The van der Waals surface area contributed by atoms with Gasteiger partial charge in [-0.2, -0.15) is 0 Å². The van der Waals surface area contributed by atoms with Gasteiger partial charge in [-0.25, -0.2) is 4.39 Å². The first-order valence-electron chi connectivity index (χ1n) is 6.90. The van der Waals surface area contributed by atoms with Gasteiger partial charge in [-0.3, -0.25) is 0 Å². The van der Waals surface area contributed by atoms with Crippen molar-refractivity contribution in [2.75, 3.05) is 6.61 Å². The fraction of sp³-hybridized carbons (Fsp3) is 0.294. The molecule has 3 heteroatoms. The molecule has 106 valence electrons. The molecule has 2 rings (SSSR count). The van der Waals surface area contributed by atoms with Gasteiger partial charge in [0.2, 0.25) is 0 Å². The maximum Gasteiger partial charge on any atom is 0.127 e. The van der Waals surface area contributed by atoms with Crippen LogP contribution in [0.4, 0.5) is 4.39 Å². The van der Waals surface area contributed by atoms with Crippen molar-refractivity contribution in [1.29, 1.82) is 0 Å². The highest BCUT2D eigenvalue weighted by Crippen LogP contribution is 2.18. The van der Waals surface area contributed by atoms with Gasteiger partial charge in [-0.15, -0.1) is 0 Å². The van der Waals surface area contributed by atoms with E-state index in [1.165, 1.54) is 6.07 Å². The van der Waals surface area contributed by atoms with Crippen LogP contribution in [0, 0.1) is 5.82 Å². The second-order valence-electron chi connectivity index (χ2n) is 4.70. The lowest BCUT2D eigenvalue weighted by Crippen LogP contribution is -2.19. The van der Waals surface area contributed by atoms with Gasteiger partial charge in [-0.05, 0) is 37.6 Å². The molecule has 0 saturated carbocycles. The van der Waals surface area contributed by atoms with Crippen molar-refractivity contribution in [1.82, 2.24) is 5.32 Å². The summed E-state index contributed by atoms with van der Waals surface area (Å²) < 4.78 is 19.1. The molecule has 0 heterocycles. The van der Waals surface area contributed by atoms with Crippen molar-refractivity contribution >= 4 is 0 Å². The molecule has 0 radical (unpaired) electrons. The Hall–Kier alpha value is -1.87. The fourth-order valence-corrected chi connectivity index (χ4v) is 2.12. The van der Waals surface area contributed by atoms with Crippen LogP contribution in [0.5, 0.6) is 5.75 Å². The molecule has 20 heavy (non-hydrogen) atoms. The molecule has 0 bridgehead atoms. The molecule has 0 spiro atoms. The number of benzene rings is 2. The second kappa shape index (κ2) is 7.06. The Bertz CT molecular complexity index is 556. The lowest BCUT2D eigenvalue weighted by Gasteiger charge is -2.15. The maximum absolute atomic E-state index is 13.7. The van der Waals surface area contributed by atoms with Crippen molar-refractivity contribution in [2.24, 2.45) is 0 Å². The van der Waals surface area contributed by atoms with Gasteiger partial charge in [0.25, 0.3) is 0 Å². The van der Waals surface area contributed by atoms with Gasteiger partial charge >= 0.3 is 0 Å². The maximum atomic E-state index is 13.7. The molecule has 0 amide bonds. The molecular weight excluding hydrogens is 253 g/mol. The predicted molar refractivity (Wildman–Crippen MR) is 79.3 cm³/mol. The largest absolute Gasteiger partial charge is 0.494 e. The quantitative estimate of drug-likeness (QED) is 0.856. The minimum absolute atomic E-state index is 0.0352. The fourth-order valence-electron chi connectivity index (χ4n) is 2.12. The van der Waals surface area contributed by atoms with Crippen molar-refractivity contribution in [3.8, 4) is 5.75 Å². The molecule has 0 saturated heterocycles. The molecule has 0 aromatic heterocycles. The lowest BCUT2D eigenvalue weighted by molar-refractivity contribution is 0.339. The smallest absolute Gasteiger partial charge is 0.127 e. The van der Waals surface area contributed by atoms with Crippen LogP contribution in [0.2, 0.25) is 0 Å². The van der Waals surface area contributed by atoms with Crippen molar-refractivity contribution < 1.29 is 9.13 Å². The van der Waals surface area contributed by atoms with Crippen LogP contribution in [0.15, 0.2) is 48.5 Å². The topological polar surface area (TPSA) is 21.3 Å². The Morgan fingerprint density at radius 1 is 1.15 bits per heavy atom. The average molecular weight is 273 g/mol. The van der Waals surface area contributed by atoms with E-state index in [4.69, 9.17) is 4.74 Å². The van der Waals surface area contributed by atoms with E-state index in [-0.39, 0.29) is 11.9 Å². The summed E-state index contributed by atoms with van der Waals surface area (Å²) in [7, 11) is 0. The van der Waals surface area contributed by atoms with Gasteiger partial charge in [-0.1, -0.05) is 30.3 Å². The Labute approximate surface area is 119 Å². The third-order valence-electron chi connectivity index (χ3n) is 3.19. The summed E-state index contributed by atoms with van der Waals surface area (Å²) >= 11 is 0. The Morgan fingerprint density at radius 2 is 1.95 bits per heavy atom. The number of halogens is 1. The highest BCUT2D eigenvalue weighted by molar-refractivity contribution is 5.28. The molecule has 1 atom stereocenters. The van der Waals surface area contributed by atoms with E-state index in [0.29, 0.717) is 18.7 Å². The Balaban J connectivity index is 1.98. The SMILES string of the molecule is CCOc1cccc(CN[C@H](C)c2ccccc2F)c1. The number of rotatable bonds is 6. The van der Waals surface area contributed by atoms with Crippen molar-refractivity contribution in [2.45, 2.75) is 26.4 Å². The van der Waals surface area contributed by atoms with Gasteiger partial charge < -0.3 is 10.1 Å². The van der Waals surface area contributed by atoms with Gasteiger partial charge in [0, 0.05) is 18.2 Å². The monoisotopic (exact) mass is 273 g/mol. The molecule has 0 unspecified atom stereocenters. The summed E-state index contributed by atoms with van der Waals surface area (Å²) in [5.41, 5.74) is 1.81. The Kier molecular flexibility index (Phi) is 5.13. The van der Waals surface area contributed by atoms with Crippen LogP contribution < -0.4 is 10.1 Å². The molecule has 0 fully saturated rings. The summed E-state index contributed by atoms with van der Waals surface area (Å²) in [6.07, 6.45) is 0. The van der Waals surface area contributed by atoms with E-state index in [1.807, 2.05) is 50.2 Å². The van der Waals surface area contributed by atoms with Crippen LogP contribution in [0.3, 0.4) is 0 Å². The highest BCUT2D eigenvalue weighted by Gasteiger charge is 2.09. The first-order chi connectivity index (χ1) is 9.70. The van der Waals surface area contributed by atoms with E-state index >= 15 is 0 Å². The first-order valence-corrected chi connectivity index (χ1v) is 6.90. The standard InChI is InChI=1S/C17H20FNO/c1-3-20-15-8-6-7-14(11-15)12-19-13(2)16-9-4-5-10-17(16)18/h4-11,13,19H,3,12H2,1-2H3/t13-/m1/s1. The lowest BCUT2D eigenvalue weighted by atomic mass is 10.1. The normalized spacial score (nSPS) is 12.2. The molecule has 2 nitrogen and oxygen atoms in total. The summed E-state index contributed by atoms with van der Waals surface area (Å²) in [6, 6.07) is 14.8. The highest BCUT2D eigenvalue weighted by atomic mass is 19.1. The number of hydrogen-bond acceptors (Lipinski definition) is 2. The summed E-state index contributed by atoms with van der Waals surface area (Å²) in [5.74, 6) is 0.695. The number of nitrogens with one attached hydrogen (secondary N) is 1. The zero-order valence-electron chi connectivity index (χ0n) is 11.9. The second-order valence-corrected chi connectivity index (χ2v) is 4.70. The van der Waals surface area contributed by atoms with Crippen LogP contribution in [-0.4, -0.2) is 6.61 Å². The third kappa shape index (κ3) is 3.81. The number of hydrogen-bond donors (Lipinski definition) is 1. The van der Waals surface area contributed by atoms with E-state index in [1.54, 1.807) is 6.07 Å². The zero-order valence-corrected chi connectivity index (χ0v) is 11.9. The summed E-state index contributed by atoms with van der Waals surface area (Å²) in [6.45, 7) is 5.26. The third-order valence-corrected chi connectivity index (χ3v) is 3.19. The molecule has 0 aliphatic rings. The Morgan fingerprint density at radius 3 is 2.70 bits per heavy atom. The van der Waals surface area contributed by atoms with E-state index < -0.39 is 0 Å². The average Bonchev–Trinajstić information content (AvgIpc) is 2.46. The molecule has 2 aromatic carbocycles. The first kappa shape index (κ1) is 14.5. The van der Waals surface area contributed by atoms with E-state index in [2.05, 4.69) is 5.32 Å². The minimum atomic E-state index is -0.171. The molecule has 1 N–H and O–H groups in total. The van der Waals surface area contributed by atoms with Crippen LogP contribution >= 0.6 is 0 Å². The summed E-state index contributed by atoms with van der Waals surface area (Å²) in [5, 5.41) is 3.33. The summed E-state index contributed by atoms with van der Waals surface area (Å²) in [4.78, 5) is 0. The van der Waals surface area contributed by atoms with Crippen LogP contribution in [-0.2, 0) is 6.54 Å². The number of ether oxygens (including phenoxy) is 1. The van der Waals surface area contributed by atoms with E-state index in [9.17, 15) is 4.39 Å².